The molecule has 7 heteroatoms. The van der Waals surface area contributed by atoms with E-state index in [1.54, 1.807) is 22.9 Å². The first-order valence-corrected chi connectivity index (χ1v) is 9.52. The third kappa shape index (κ3) is 3.04. The van der Waals surface area contributed by atoms with Crippen LogP contribution >= 0.6 is 0 Å². The molecule has 2 aromatic heterocycles. The van der Waals surface area contributed by atoms with Crippen LogP contribution in [0.5, 0.6) is 0 Å². The number of oxazole rings is 1. The van der Waals surface area contributed by atoms with Gasteiger partial charge in [-0.3, -0.25) is 14.0 Å². The van der Waals surface area contributed by atoms with Gasteiger partial charge in [0.1, 0.15) is 6.54 Å². The fourth-order valence-electron chi connectivity index (χ4n) is 4.10. The van der Waals surface area contributed by atoms with Gasteiger partial charge in [-0.1, -0.05) is 36.4 Å². The highest BCUT2D eigenvalue weighted by molar-refractivity contribution is 5.80. The highest BCUT2D eigenvalue weighted by Crippen LogP contribution is 2.33. The number of aryl methyl sites for hydroxylation is 1. The van der Waals surface area contributed by atoms with Gasteiger partial charge < -0.3 is 9.32 Å². The zero-order valence-corrected chi connectivity index (χ0v) is 16.0. The van der Waals surface area contributed by atoms with Crippen LogP contribution in [0, 0.1) is 0 Å². The molecule has 0 fully saturated rings. The Morgan fingerprint density at radius 1 is 1.17 bits per heavy atom. The number of hydrogen-bond acceptors (Lipinski definition) is 4. The minimum atomic E-state index is -0.513. The van der Waals surface area contributed by atoms with Crippen LogP contribution in [-0.4, -0.2) is 31.7 Å². The Labute approximate surface area is 166 Å². The summed E-state index contributed by atoms with van der Waals surface area (Å²) in [6, 6.07) is 15.3. The largest absolute Gasteiger partial charge is 0.420 e. The van der Waals surface area contributed by atoms with Crippen LogP contribution in [0.25, 0.3) is 11.1 Å². The maximum absolute atomic E-state index is 13.2. The highest BCUT2D eigenvalue weighted by Gasteiger charge is 2.30. The Hall–Kier alpha value is -3.61. The van der Waals surface area contributed by atoms with Gasteiger partial charge in [-0.15, -0.1) is 0 Å². The van der Waals surface area contributed by atoms with Gasteiger partial charge in [0.2, 0.25) is 5.91 Å². The third-order valence-corrected chi connectivity index (χ3v) is 5.54. The molecular weight excluding hydrogens is 368 g/mol. The van der Waals surface area contributed by atoms with Crippen molar-refractivity contribution in [1.82, 2.24) is 19.2 Å². The molecule has 0 radical (unpaired) electrons. The van der Waals surface area contributed by atoms with Crippen LogP contribution in [0.4, 0.5) is 0 Å². The number of aromatic nitrogens is 3. The van der Waals surface area contributed by atoms with Crippen LogP contribution in [0.2, 0.25) is 0 Å². The van der Waals surface area contributed by atoms with Crippen molar-refractivity contribution >= 4 is 17.0 Å². The smallest absolute Gasteiger partial charge is 0.408 e. The molecule has 2 aromatic carbocycles. The third-order valence-electron chi connectivity index (χ3n) is 5.54. The molecule has 0 bridgehead atoms. The number of fused-ring (bicyclic) bond motifs is 2. The van der Waals surface area contributed by atoms with Crippen LogP contribution in [0.15, 0.2) is 70.1 Å². The second-order valence-corrected chi connectivity index (χ2v) is 7.39. The molecule has 7 nitrogen and oxygen atoms in total. The molecule has 1 aliphatic heterocycles. The van der Waals surface area contributed by atoms with Crippen molar-refractivity contribution in [3.05, 3.63) is 88.2 Å². The normalized spacial score (nSPS) is 16.2. The predicted octanol–water partition coefficient (Wildman–Crippen LogP) is 2.50. The van der Waals surface area contributed by atoms with E-state index < -0.39 is 5.76 Å². The van der Waals surface area contributed by atoms with E-state index in [1.165, 1.54) is 10.1 Å². The molecule has 146 valence electrons. The molecule has 1 unspecified atom stereocenters. The van der Waals surface area contributed by atoms with Crippen molar-refractivity contribution in [1.29, 1.82) is 0 Å². The van der Waals surface area contributed by atoms with Gasteiger partial charge in [-0.05, 0) is 28.8 Å². The van der Waals surface area contributed by atoms with Crippen LogP contribution < -0.4 is 5.76 Å². The van der Waals surface area contributed by atoms with E-state index in [0.717, 1.165) is 11.1 Å². The first kappa shape index (κ1) is 17.5. The number of rotatable bonds is 3. The zero-order valence-electron chi connectivity index (χ0n) is 16.0. The second-order valence-electron chi connectivity index (χ2n) is 7.39. The molecule has 1 aliphatic rings. The maximum Gasteiger partial charge on any atom is 0.420 e. The number of amides is 1. The molecule has 29 heavy (non-hydrogen) atoms. The number of para-hydroxylation sites is 2. The van der Waals surface area contributed by atoms with Gasteiger partial charge in [0.05, 0.1) is 11.7 Å². The first-order valence-electron chi connectivity index (χ1n) is 9.52. The first-order chi connectivity index (χ1) is 14.1. The van der Waals surface area contributed by atoms with Gasteiger partial charge in [-0.25, -0.2) is 4.79 Å². The molecule has 0 saturated heterocycles. The number of carbonyl (C=O) groups is 1. The van der Waals surface area contributed by atoms with Gasteiger partial charge in [-0.2, -0.15) is 5.10 Å². The summed E-state index contributed by atoms with van der Waals surface area (Å²) in [7, 11) is 1.89. The lowest BCUT2D eigenvalue weighted by Gasteiger charge is -2.34. The topological polar surface area (TPSA) is 73.3 Å². The summed E-state index contributed by atoms with van der Waals surface area (Å²) in [5.74, 6) is -0.571. The average molecular weight is 388 g/mol. The van der Waals surface area contributed by atoms with Crippen LogP contribution in [0.1, 0.15) is 22.6 Å². The van der Waals surface area contributed by atoms with E-state index in [1.807, 2.05) is 42.5 Å². The lowest BCUT2D eigenvalue weighted by atomic mass is 9.86. The Balaban J connectivity index is 1.47. The zero-order chi connectivity index (χ0) is 20.0. The molecule has 4 aromatic rings. The van der Waals surface area contributed by atoms with Crippen molar-refractivity contribution in [3.63, 3.8) is 0 Å². The molecule has 3 heterocycles. The fraction of sp³-hybridized carbons (Fsp3) is 0.227. The summed E-state index contributed by atoms with van der Waals surface area (Å²) in [4.78, 5) is 27.2. The number of benzene rings is 2. The SMILES string of the molecule is Cn1cc(C2CN(C(=O)Cn3c(=O)oc4ccccc43)Cc3ccccc32)cn1. The summed E-state index contributed by atoms with van der Waals surface area (Å²) < 4.78 is 8.44. The Morgan fingerprint density at radius 3 is 2.79 bits per heavy atom. The number of nitrogens with zero attached hydrogens (tertiary/aromatic N) is 4. The molecule has 1 amide bonds. The quantitative estimate of drug-likeness (QED) is 0.541. The Morgan fingerprint density at radius 2 is 1.97 bits per heavy atom. The average Bonchev–Trinajstić information content (AvgIpc) is 3.30. The molecule has 0 N–H and O–H groups in total. The summed E-state index contributed by atoms with van der Waals surface area (Å²) in [5, 5.41) is 4.30. The molecule has 0 saturated carbocycles. The summed E-state index contributed by atoms with van der Waals surface area (Å²) >= 11 is 0. The van der Waals surface area contributed by atoms with E-state index in [9.17, 15) is 9.59 Å². The van der Waals surface area contributed by atoms with E-state index in [0.29, 0.717) is 24.2 Å². The minimum absolute atomic E-state index is 0.0439. The van der Waals surface area contributed by atoms with Crippen molar-refractivity contribution in [2.75, 3.05) is 6.54 Å². The van der Waals surface area contributed by atoms with E-state index in [-0.39, 0.29) is 18.4 Å². The predicted molar refractivity (Wildman–Crippen MR) is 107 cm³/mol. The van der Waals surface area contributed by atoms with E-state index in [4.69, 9.17) is 4.42 Å². The van der Waals surface area contributed by atoms with Crippen molar-refractivity contribution < 1.29 is 9.21 Å². The Kier molecular flexibility index (Phi) is 4.08. The standard InChI is InChI=1S/C22H20N4O3/c1-24-11-16(10-23-24)18-13-25(12-15-6-2-3-7-17(15)18)21(27)14-26-19-8-4-5-9-20(19)29-22(26)28/h2-11,18H,12-14H2,1H3. The number of hydrogen-bond donors (Lipinski definition) is 0. The van der Waals surface area contributed by atoms with Crippen molar-refractivity contribution in [2.45, 2.75) is 19.0 Å². The highest BCUT2D eigenvalue weighted by atomic mass is 16.4. The van der Waals surface area contributed by atoms with Crippen LogP contribution in [0.3, 0.4) is 0 Å². The minimum Gasteiger partial charge on any atom is -0.408 e. The summed E-state index contributed by atoms with van der Waals surface area (Å²) in [6.07, 6.45) is 3.84. The Bertz CT molecular complexity index is 1270. The lowest BCUT2D eigenvalue weighted by molar-refractivity contribution is -0.133. The molecule has 5 rings (SSSR count). The van der Waals surface area contributed by atoms with Crippen molar-refractivity contribution in [2.24, 2.45) is 7.05 Å². The van der Waals surface area contributed by atoms with Crippen molar-refractivity contribution in [3.8, 4) is 0 Å². The van der Waals surface area contributed by atoms with Gasteiger partial charge >= 0.3 is 5.76 Å². The van der Waals surface area contributed by atoms with Crippen LogP contribution in [-0.2, 0) is 24.9 Å². The van der Waals surface area contributed by atoms with E-state index >= 15 is 0 Å². The monoisotopic (exact) mass is 388 g/mol. The summed E-state index contributed by atoms with van der Waals surface area (Å²) in [5.41, 5.74) is 4.53. The fourth-order valence-corrected chi connectivity index (χ4v) is 4.10. The van der Waals surface area contributed by atoms with Gasteiger partial charge in [0.15, 0.2) is 5.58 Å². The maximum atomic E-state index is 13.2. The molecule has 0 spiro atoms. The molecular formula is C22H20N4O3. The molecule has 0 aliphatic carbocycles. The number of carbonyl (C=O) groups excluding carboxylic acids is 1. The molecule has 1 atom stereocenters. The summed E-state index contributed by atoms with van der Waals surface area (Å²) in [6.45, 7) is 1.03. The second kappa shape index (κ2) is 6.77. The van der Waals surface area contributed by atoms with E-state index in [2.05, 4.69) is 17.2 Å². The lowest BCUT2D eigenvalue weighted by Crippen LogP contribution is -2.41. The van der Waals surface area contributed by atoms with Gasteiger partial charge in [0, 0.05) is 32.3 Å². The van der Waals surface area contributed by atoms with Gasteiger partial charge in [0.25, 0.3) is 0 Å².